The summed E-state index contributed by atoms with van der Waals surface area (Å²) in [5.74, 6) is 1.22. The van der Waals surface area contributed by atoms with Crippen molar-refractivity contribution in [2.24, 2.45) is 5.10 Å². The Labute approximate surface area is 204 Å². The highest BCUT2D eigenvalue weighted by Gasteiger charge is 2.13. The predicted octanol–water partition coefficient (Wildman–Crippen LogP) is 5.95. The van der Waals surface area contributed by atoms with Crippen LogP contribution >= 0.6 is 34.2 Å². The van der Waals surface area contributed by atoms with Gasteiger partial charge in [-0.25, -0.2) is 0 Å². The van der Waals surface area contributed by atoms with Gasteiger partial charge in [0, 0.05) is 17.2 Å². The van der Waals surface area contributed by atoms with E-state index in [1.165, 1.54) is 12.1 Å². The van der Waals surface area contributed by atoms with Crippen LogP contribution in [0.2, 0.25) is 5.02 Å². The molecule has 0 aliphatic rings. The third-order valence-corrected chi connectivity index (χ3v) is 5.56. The first kappa shape index (κ1) is 23.8. The van der Waals surface area contributed by atoms with Crippen molar-refractivity contribution in [1.29, 1.82) is 0 Å². The van der Waals surface area contributed by atoms with Gasteiger partial charge in [-0.15, -0.1) is 0 Å². The van der Waals surface area contributed by atoms with Gasteiger partial charge in [-0.2, -0.15) is 5.10 Å². The number of benzene rings is 3. The van der Waals surface area contributed by atoms with Gasteiger partial charge in [0.25, 0.3) is 5.69 Å². The van der Waals surface area contributed by atoms with E-state index in [0.717, 1.165) is 20.3 Å². The Kier molecular flexibility index (Phi) is 8.69. The van der Waals surface area contributed by atoms with Crippen LogP contribution in [0.4, 0.5) is 5.69 Å². The molecule has 0 saturated heterocycles. The maximum atomic E-state index is 10.8. The van der Waals surface area contributed by atoms with E-state index in [9.17, 15) is 10.1 Å². The number of nitrogens with zero attached hydrogens (tertiary/aromatic N) is 2. The third kappa shape index (κ3) is 6.57. The summed E-state index contributed by atoms with van der Waals surface area (Å²) in [5.41, 5.74) is 5.68. The van der Waals surface area contributed by atoms with Gasteiger partial charge in [0.05, 0.1) is 27.9 Å². The molecule has 0 saturated carbocycles. The molecule has 0 fully saturated rings. The molecule has 3 aromatic carbocycles. The first-order valence-corrected chi connectivity index (χ1v) is 11.3. The maximum absolute atomic E-state index is 10.8. The Morgan fingerprint density at radius 1 is 1.16 bits per heavy atom. The third-order valence-electron chi connectivity index (χ3n) is 4.39. The van der Waals surface area contributed by atoms with E-state index in [1.807, 2.05) is 43.3 Å². The number of nitro benzene ring substituents is 1. The van der Waals surface area contributed by atoms with E-state index in [1.54, 1.807) is 18.3 Å². The fourth-order valence-corrected chi connectivity index (χ4v) is 3.81. The fraction of sp³-hybridized carbons (Fsp3) is 0.174. The highest BCUT2D eigenvalue weighted by Crippen LogP contribution is 2.34. The Bertz CT molecular complexity index is 1110. The molecule has 9 heteroatoms. The van der Waals surface area contributed by atoms with E-state index in [4.69, 9.17) is 21.1 Å². The number of nitro groups is 1. The highest BCUT2D eigenvalue weighted by molar-refractivity contribution is 14.1. The largest absolute Gasteiger partial charge is 0.490 e. The molecule has 0 unspecified atom stereocenters. The molecule has 0 amide bonds. The van der Waals surface area contributed by atoms with Crippen molar-refractivity contribution < 1.29 is 14.4 Å². The molecule has 0 atom stereocenters. The number of hydrogen-bond donors (Lipinski definition) is 1. The molecule has 0 heterocycles. The van der Waals surface area contributed by atoms with Crippen molar-refractivity contribution >= 4 is 46.1 Å². The van der Waals surface area contributed by atoms with Gasteiger partial charge in [-0.05, 0) is 76.5 Å². The van der Waals surface area contributed by atoms with Gasteiger partial charge in [-0.3, -0.25) is 10.1 Å². The van der Waals surface area contributed by atoms with Gasteiger partial charge in [0.15, 0.2) is 11.5 Å². The molecule has 0 aromatic heterocycles. The van der Waals surface area contributed by atoms with Gasteiger partial charge >= 0.3 is 0 Å². The average Bonchev–Trinajstić information content (AvgIpc) is 2.78. The number of rotatable bonds is 10. The SMILES string of the molecule is CCOc1cc(/C=N\NCc2ccccc2Cl)cc(I)c1OCc1ccc([N+](=O)[O-])cc1. The standard InChI is InChI=1S/C23H21ClIN3O4/c1-2-31-22-12-17(13-26-27-14-18-5-3-4-6-20(18)24)11-21(25)23(22)32-15-16-7-9-19(10-8-16)28(29)30/h3-13,27H,2,14-15H2,1H3/b26-13-. The molecule has 0 aliphatic heterocycles. The number of halogens is 2. The van der Waals surface area contributed by atoms with Crippen molar-refractivity contribution in [2.45, 2.75) is 20.1 Å². The lowest BCUT2D eigenvalue weighted by atomic mass is 10.2. The molecule has 32 heavy (non-hydrogen) atoms. The number of hydrazone groups is 1. The molecule has 1 N–H and O–H groups in total. The average molecular weight is 566 g/mol. The molecular formula is C23H21ClIN3O4. The summed E-state index contributed by atoms with van der Waals surface area (Å²) in [6.07, 6.45) is 1.71. The topological polar surface area (TPSA) is 86.0 Å². The summed E-state index contributed by atoms with van der Waals surface area (Å²) < 4.78 is 12.6. The summed E-state index contributed by atoms with van der Waals surface area (Å²) in [6.45, 7) is 3.16. The zero-order valence-electron chi connectivity index (χ0n) is 17.3. The van der Waals surface area contributed by atoms with Crippen molar-refractivity contribution in [2.75, 3.05) is 6.61 Å². The maximum Gasteiger partial charge on any atom is 0.269 e. The van der Waals surface area contributed by atoms with Crippen LogP contribution in [-0.2, 0) is 13.2 Å². The van der Waals surface area contributed by atoms with Gasteiger partial charge in [0.2, 0.25) is 0 Å². The van der Waals surface area contributed by atoms with E-state index >= 15 is 0 Å². The van der Waals surface area contributed by atoms with Gasteiger partial charge < -0.3 is 14.9 Å². The lowest BCUT2D eigenvalue weighted by molar-refractivity contribution is -0.384. The summed E-state index contributed by atoms with van der Waals surface area (Å²) in [5, 5.41) is 15.8. The monoisotopic (exact) mass is 565 g/mol. The second-order valence-electron chi connectivity index (χ2n) is 6.66. The molecule has 3 aromatic rings. The van der Waals surface area contributed by atoms with E-state index in [2.05, 4.69) is 33.1 Å². The van der Waals surface area contributed by atoms with Crippen LogP contribution in [0.1, 0.15) is 23.6 Å². The Morgan fingerprint density at radius 2 is 1.91 bits per heavy atom. The Morgan fingerprint density at radius 3 is 2.59 bits per heavy atom. The molecule has 3 rings (SSSR count). The lowest BCUT2D eigenvalue weighted by Gasteiger charge is -2.14. The van der Waals surface area contributed by atoms with E-state index in [-0.39, 0.29) is 12.3 Å². The fourth-order valence-electron chi connectivity index (χ4n) is 2.83. The first-order chi connectivity index (χ1) is 15.5. The highest BCUT2D eigenvalue weighted by atomic mass is 127. The minimum absolute atomic E-state index is 0.0464. The summed E-state index contributed by atoms with van der Waals surface area (Å²) in [4.78, 5) is 10.4. The summed E-state index contributed by atoms with van der Waals surface area (Å²) >= 11 is 8.35. The van der Waals surface area contributed by atoms with Crippen LogP contribution in [0.25, 0.3) is 0 Å². The minimum atomic E-state index is -0.426. The first-order valence-electron chi connectivity index (χ1n) is 9.79. The molecule has 7 nitrogen and oxygen atoms in total. The van der Waals surface area contributed by atoms with Crippen LogP contribution in [0.15, 0.2) is 65.8 Å². The van der Waals surface area contributed by atoms with E-state index < -0.39 is 4.92 Å². The molecule has 0 aliphatic carbocycles. The molecule has 0 bridgehead atoms. The zero-order valence-corrected chi connectivity index (χ0v) is 20.2. The molecular weight excluding hydrogens is 545 g/mol. The van der Waals surface area contributed by atoms with Crippen LogP contribution in [-0.4, -0.2) is 17.7 Å². The normalized spacial score (nSPS) is 10.8. The number of non-ortho nitro benzene ring substituents is 1. The van der Waals surface area contributed by atoms with Crippen LogP contribution in [0.5, 0.6) is 11.5 Å². The molecule has 0 spiro atoms. The van der Waals surface area contributed by atoms with Crippen molar-refractivity contribution in [3.8, 4) is 11.5 Å². The van der Waals surface area contributed by atoms with Crippen molar-refractivity contribution in [1.82, 2.24) is 5.43 Å². The van der Waals surface area contributed by atoms with Crippen LogP contribution < -0.4 is 14.9 Å². The molecule has 0 radical (unpaired) electrons. The summed E-state index contributed by atoms with van der Waals surface area (Å²) in [7, 11) is 0. The second kappa shape index (κ2) is 11.7. The summed E-state index contributed by atoms with van der Waals surface area (Å²) in [6, 6.07) is 17.7. The number of nitrogens with one attached hydrogen (secondary N) is 1. The van der Waals surface area contributed by atoms with Gasteiger partial charge in [-0.1, -0.05) is 29.8 Å². The number of hydrogen-bond acceptors (Lipinski definition) is 6. The van der Waals surface area contributed by atoms with Crippen LogP contribution in [0.3, 0.4) is 0 Å². The van der Waals surface area contributed by atoms with Crippen LogP contribution in [0, 0.1) is 13.7 Å². The van der Waals surface area contributed by atoms with Gasteiger partial charge in [0.1, 0.15) is 6.61 Å². The van der Waals surface area contributed by atoms with Crippen molar-refractivity contribution in [3.63, 3.8) is 0 Å². The quantitative estimate of drug-likeness (QED) is 0.142. The lowest BCUT2D eigenvalue weighted by Crippen LogP contribution is -2.06. The number of ether oxygens (including phenoxy) is 2. The minimum Gasteiger partial charge on any atom is -0.490 e. The zero-order chi connectivity index (χ0) is 22.9. The smallest absolute Gasteiger partial charge is 0.269 e. The Balaban J connectivity index is 1.68. The predicted molar refractivity (Wildman–Crippen MR) is 134 cm³/mol. The second-order valence-corrected chi connectivity index (χ2v) is 8.23. The van der Waals surface area contributed by atoms with E-state index in [0.29, 0.717) is 29.7 Å². The van der Waals surface area contributed by atoms with Crippen molar-refractivity contribution in [3.05, 3.63) is 96.1 Å². The Hall–Kier alpha value is -2.85. The molecule has 166 valence electrons.